The lowest BCUT2D eigenvalue weighted by Gasteiger charge is -2.40. The first kappa shape index (κ1) is 19.2. The molecule has 0 amide bonds. The van der Waals surface area contributed by atoms with E-state index in [0.717, 1.165) is 36.1 Å². The number of para-hydroxylation sites is 1. The van der Waals surface area contributed by atoms with Gasteiger partial charge in [-0.05, 0) is 61.4 Å². The van der Waals surface area contributed by atoms with Gasteiger partial charge in [0.25, 0.3) is 0 Å². The van der Waals surface area contributed by atoms with Crippen LogP contribution in [0.3, 0.4) is 0 Å². The number of halogens is 1. The predicted octanol–water partition coefficient (Wildman–Crippen LogP) is 5.14. The molecule has 1 aromatic heterocycles. The van der Waals surface area contributed by atoms with Crippen molar-refractivity contribution in [1.29, 1.82) is 0 Å². The zero-order valence-electron chi connectivity index (χ0n) is 16.1. The molecule has 2 aromatic carbocycles. The summed E-state index contributed by atoms with van der Waals surface area (Å²) in [5, 5.41) is 1.04. The Kier molecular flexibility index (Phi) is 5.31. The Morgan fingerprint density at radius 1 is 1.00 bits per heavy atom. The summed E-state index contributed by atoms with van der Waals surface area (Å²) < 4.78 is 0. The number of aromatic amines is 1. The fourth-order valence-corrected chi connectivity index (χ4v) is 5.18. The molecule has 5 rings (SSSR count). The molecule has 4 heteroatoms. The van der Waals surface area contributed by atoms with Crippen LogP contribution in [0.25, 0.3) is 10.9 Å². The standard InChI is InChI=1S/C24H26N2O.ClH/c27-23(20-17-25-22-8-4-2-6-19(20)22)10-14-26-15-12-24(13-16-26)11-9-18-5-1-3-7-21(18)24;/h1-8,17,25H,9-16H2;1H. The van der Waals surface area contributed by atoms with Crippen LogP contribution in [-0.4, -0.2) is 35.3 Å². The number of Topliss-reactive ketones (excluding diaryl/α,β-unsaturated/α-hetero) is 1. The molecule has 0 radical (unpaired) electrons. The molecule has 146 valence electrons. The van der Waals surface area contributed by atoms with E-state index in [4.69, 9.17) is 0 Å². The van der Waals surface area contributed by atoms with E-state index < -0.39 is 0 Å². The third-order valence-corrected chi connectivity index (χ3v) is 6.82. The topological polar surface area (TPSA) is 36.1 Å². The monoisotopic (exact) mass is 394 g/mol. The number of hydrogen-bond acceptors (Lipinski definition) is 2. The highest BCUT2D eigenvalue weighted by molar-refractivity contribution is 6.07. The van der Waals surface area contributed by atoms with Crippen LogP contribution in [0.2, 0.25) is 0 Å². The molecule has 28 heavy (non-hydrogen) atoms. The minimum Gasteiger partial charge on any atom is -0.360 e. The van der Waals surface area contributed by atoms with Gasteiger partial charge in [-0.2, -0.15) is 0 Å². The summed E-state index contributed by atoms with van der Waals surface area (Å²) in [4.78, 5) is 18.4. The number of benzene rings is 2. The van der Waals surface area contributed by atoms with E-state index in [1.54, 1.807) is 11.1 Å². The highest BCUT2D eigenvalue weighted by atomic mass is 35.5. The minimum atomic E-state index is 0. The summed E-state index contributed by atoms with van der Waals surface area (Å²) in [6.07, 6.45) is 7.46. The molecule has 2 heterocycles. The van der Waals surface area contributed by atoms with Gasteiger partial charge in [0.1, 0.15) is 0 Å². The fraction of sp³-hybridized carbons (Fsp3) is 0.375. The van der Waals surface area contributed by atoms with Crippen molar-refractivity contribution in [3.63, 3.8) is 0 Å². The van der Waals surface area contributed by atoms with Crippen molar-refractivity contribution in [3.05, 3.63) is 71.4 Å². The van der Waals surface area contributed by atoms with E-state index in [0.29, 0.717) is 11.8 Å². The third-order valence-electron chi connectivity index (χ3n) is 6.82. The molecule has 1 spiro atoms. The zero-order chi connectivity index (χ0) is 18.3. The normalized spacial score (nSPS) is 18.1. The SMILES string of the molecule is Cl.O=C(CCN1CCC2(CCc3ccccc32)CC1)c1c[nH]c2ccccc12. The molecule has 3 nitrogen and oxygen atoms in total. The number of piperidine rings is 1. The molecule has 1 aliphatic heterocycles. The van der Waals surface area contributed by atoms with Crippen LogP contribution in [0.5, 0.6) is 0 Å². The van der Waals surface area contributed by atoms with Gasteiger partial charge in [-0.1, -0.05) is 42.5 Å². The minimum absolute atomic E-state index is 0. The Bertz CT molecular complexity index is 985. The van der Waals surface area contributed by atoms with E-state index in [1.807, 2.05) is 30.5 Å². The van der Waals surface area contributed by atoms with Gasteiger partial charge in [0.05, 0.1) is 0 Å². The maximum absolute atomic E-state index is 12.7. The van der Waals surface area contributed by atoms with Crippen LogP contribution in [0.4, 0.5) is 0 Å². The van der Waals surface area contributed by atoms with Crippen molar-refractivity contribution >= 4 is 29.1 Å². The number of carbonyl (C=O) groups excluding carboxylic acids is 1. The van der Waals surface area contributed by atoms with Crippen molar-refractivity contribution in [3.8, 4) is 0 Å². The number of ketones is 1. The number of nitrogens with one attached hydrogen (secondary N) is 1. The smallest absolute Gasteiger partial charge is 0.166 e. The fourth-order valence-electron chi connectivity index (χ4n) is 5.18. The highest BCUT2D eigenvalue weighted by Gasteiger charge is 2.40. The molecule has 1 N–H and O–H groups in total. The Balaban J connectivity index is 0.00000192. The molecule has 0 unspecified atom stereocenters. The lowest BCUT2D eigenvalue weighted by Crippen LogP contribution is -2.42. The number of carbonyl (C=O) groups is 1. The number of rotatable bonds is 4. The molecule has 0 atom stereocenters. The van der Waals surface area contributed by atoms with Gasteiger partial charge < -0.3 is 9.88 Å². The molecular formula is C24H27ClN2O. The first-order chi connectivity index (χ1) is 13.3. The Labute approximate surface area is 172 Å². The Hall–Kier alpha value is -2.10. The molecule has 2 aliphatic rings. The van der Waals surface area contributed by atoms with Crippen molar-refractivity contribution in [2.45, 2.75) is 37.5 Å². The number of aromatic nitrogens is 1. The van der Waals surface area contributed by atoms with Crippen LogP contribution in [0.15, 0.2) is 54.7 Å². The number of aryl methyl sites for hydroxylation is 1. The molecule has 1 aliphatic carbocycles. The maximum atomic E-state index is 12.7. The molecule has 0 bridgehead atoms. The summed E-state index contributed by atoms with van der Waals surface area (Å²) in [5.41, 5.74) is 5.43. The lowest BCUT2D eigenvalue weighted by atomic mass is 9.74. The maximum Gasteiger partial charge on any atom is 0.166 e. The molecule has 1 fully saturated rings. The van der Waals surface area contributed by atoms with Crippen LogP contribution in [0.1, 0.15) is 47.2 Å². The number of nitrogens with zero attached hydrogens (tertiary/aromatic N) is 1. The summed E-state index contributed by atoms with van der Waals surface area (Å²) in [6, 6.07) is 17.1. The second kappa shape index (κ2) is 7.73. The molecule has 3 aromatic rings. The first-order valence-corrected chi connectivity index (χ1v) is 10.2. The van der Waals surface area contributed by atoms with Crippen LogP contribution < -0.4 is 0 Å². The van der Waals surface area contributed by atoms with E-state index in [1.165, 1.54) is 25.7 Å². The number of H-pyrrole nitrogens is 1. The van der Waals surface area contributed by atoms with Gasteiger partial charge in [0.2, 0.25) is 0 Å². The largest absolute Gasteiger partial charge is 0.360 e. The average molecular weight is 395 g/mol. The predicted molar refractivity (Wildman–Crippen MR) is 117 cm³/mol. The van der Waals surface area contributed by atoms with Crippen LogP contribution >= 0.6 is 12.4 Å². The summed E-state index contributed by atoms with van der Waals surface area (Å²) in [7, 11) is 0. The lowest BCUT2D eigenvalue weighted by molar-refractivity contribution is 0.0945. The summed E-state index contributed by atoms with van der Waals surface area (Å²) in [5.74, 6) is 0.249. The number of likely N-dealkylation sites (tertiary alicyclic amines) is 1. The van der Waals surface area contributed by atoms with Crippen molar-refractivity contribution in [2.75, 3.05) is 19.6 Å². The second-order valence-corrected chi connectivity index (χ2v) is 8.20. The summed E-state index contributed by atoms with van der Waals surface area (Å²) in [6.45, 7) is 3.08. The van der Waals surface area contributed by atoms with E-state index >= 15 is 0 Å². The Morgan fingerprint density at radius 2 is 1.75 bits per heavy atom. The van der Waals surface area contributed by atoms with Crippen molar-refractivity contribution in [2.24, 2.45) is 0 Å². The van der Waals surface area contributed by atoms with Crippen LogP contribution in [0, 0.1) is 0 Å². The van der Waals surface area contributed by atoms with Gasteiger partial charge in [0, 0.05) is 35.6 Å². The highest BCUT2D eigenvalue weighted by Crippen LogP contribution is 2.46. The van der Waals surface area contributed by atoms with Gasteiger partial charge in [-0.15, -0.1) is 12.4 Å². The van der Waals surface area contributed by atoms with Gasteiger partial charge >= 0.3 is 0 Å². The second-order valence-electron chi connectivity index (χ2n) is 8.20. The quantitative estimate of drug-likeness (QED) is 0.622. The van der Waals surface area contributed by atoms with Gasteiger partial charge in [0.15, 0.2) is 5.78 Å². The van der Waals surface area contributed by atoms with E-state index in [9.17, 15) is 4.79 Å². The third kappa shape index (κ3) is 3.27. The molecule has 0 saturated carbocycles. The zero-order valence-corrected chi connectivity index (χ0v) is 16.9. The van der Waals surface area contributed by atoms with Crippen LogP contribution in [-0.2, 0) is 11.8 Å². The average Bonchev–Trinajstić information content (AvgIpc) is 3.30. The van der Waals surface area contributed by atoms with Crippen molar-refractivity contribution in [1.82, 2.24) is 9.88 Å². The molecular weight excluding hydrogens is 368 g/mol. The Morgan fingerprint density at radius 3 is 2.61 bits per heavy atom. The number of hydrogen-bond donors (Lipinski definition) is 1. The van der Waals surface area contributed by atoms with E-state index in [2.05, 4.69) is 34.1 Å². The van der Waals surface area contributed by atoms with Gasteiger partial charge in [-0.3, -0.25) is 4.79 Å². The first-order valence-electron chi connectivity index (χ1n) is 10.2. The van der Waals surface area contributed by atoms with Gasteiger partial charge in [-0.25, -0.2) is 0 Å². The number of fused-ring (bicyclic) bond motifs is 3. The van der Waals surface area contributed by atoms with E-state index in [-0.39, 0.29) is 18.2 Å². The summed E-state index contributed by atoms with van der Waals surface area (Å²) >= 11 is 0. The van der Waals surface area contributed by atoms with Crippen molar-refractivity contribution < 1.29 is 4.79 Å². The molecule has 1 saturated heterocycles.